The Bertz CT molecular complexity index is 1440. The van der Waals surface area contributed by atoms with Crippen molar-refractivity contribution >= 4 is 33.0 Å². The van der Waals surface area contributed by atoms with Gasteiger partial charge in [0.25, 0.3) is 0 Å². The van der Waals surface area contributed by atoms with Crippen molar-refractivity contribution in [1.29, 1.82) is 0 Å². The molecule has 2 unspecified atom stereocenters. The zero-order valence-electron chi connectivity index (χ0n) is 16.0. The van der Waals surface area contributed by atoms with Gasteiger partial charge < -0.3 is 0 Å². The summed E-state index contributed by atoms with van der Waals surface area (Å²) in [4.78, 5) is 15.1. The number of pyridine rings is 1. The van der Waals surface area contributed by atoms with Crippen LogP contribution >= 0.6 is 0 Å². The van der Waals surface area contributed by atoms with Crippen LogP contribution in [0.5, 0.6) is 0 Å². The van der Waals surface area contributed by atoms with E-state index in [9.17, 15) is 0 Å². The molecule has 2 aromatic heterocycles. The summed E-state index contributed by atoms with van der Waals surface area (Å²) in [6.45, 7) is 0. The first-order valence-corrected chi connectivity index (χ1v) is 10.5. The van der Waals surface area contributed by atoms with Crippen LogP contribution < -0.4 is 0 Å². The number of aromatic nitrogens is 3. The van der Waals surface area contributed by atoms with Gasteiger partial charge >= 0.3 is 0 Å². The number of nitrogens with zero attached hydrogens (tertiary/aromatic N) is 3. The number of rotatable bonds is 1. The van der Waals surface area contributed by atoms with Crippen molar-refractivity contribution in [2.45, 2.75) is 31.1 Å². The largest absolute Gasteiger partial charge is 0.245 e. The Morgan fingerprint density at radius 2 is 1.31 bits per heavy atom. The SMILES string of the molecule is c1ccc(-c2nc3c(ccc4nc5ccccc5nc43)c3c2C2CCC3C2)cc1. The van der Waals surface area contributed by atoms with Crippen molar-refractivity contribution in [1.82, 2.24) is 15.0 Å². The van der Waals surface area contributed by atoms with Gasteiger partial charge in [-0.25, -0.2) is 15.0 Å². The maximum Gasteiger partial charge on any atom is 0.116 e. The minimum absolute atomic E-state index is 0.653. The molecular weight excluding hydrogens is 354 g/mol. The normalized spacial score (nSPS) is 20.0. The topological polar surface area (TPSA) is 38.7 Å². The molecule has 7 rings (SSSR count). The van der Waals surface area contributed by atoms with E-state index in [0.29, 0.717) is 11.8 Å². The Hall–Kier alpha value is -3.33. The van der Waals surface area contributed by atoms with E-state index >= 15 is 0 Å². The van der Waals surface area contributed by atoms with Gasteiger partial charge in [-0.15, -0.1) is 0 Å². The van der Waals surface area contributed by atoms with Crippen LogP contribution in [0.1, 0.15) is 42.2 Å². The van der Waals surface area contributed by atoms with Crippen molar-refractivity contribution < 1.29 is 0 Å². The number of hydrogen-bond donors (Lipinski definition) is 0. The predicted molar refractivity (Wildman–Crippen MR) is 117 cm³/mol. The summed E-state index contributed by atoms with van der Waals surface area (Å²) in [6.07, 6.45) is 3.87. The summed E-state index contributed by atoms with van der Waals surface area (Å²) in [5.74, 6) is 1.31. The molecule has 3 aromatic carbocycles. The van der Waals surface area contributed by atoms with E-state index in [0.717, 1.165) is 33.3 Å². The van der Waals surface area contributed by atoms with Crippen molar-refractivity contribution in [2.75, 3.05) is 0 Å². The average molecular weight is 373 g/mol. The Kier molecular flexibility index (Phi) is 3.01. The van der Waals surface area contributed by atoms with Gasteiger partial charge in [0.1, 0.15) is 5.52 Å². The molecule has 2 bridgehead atoms. The van der Waals surface area contributed by atoms with E-state index in [1.54, 1.807) is 0 Å². The van der Waals surface area contributed by atoms with E-state index in [-0.39, 0.29) is 0 Å². The number of benzene rings is 3. The minimum atomic E-state index is 0.653. The number of para-hydroxylation sites is 2. The predicted octanol–water partition coefficient (Wildman–Crippen LogP) is 6.36. The van der Waals surface area contributed by atoms with Gasteiger partial charge in [-0.3, -0.25) is 0 Å². The monoisotopic (exact) mass is 373 g/mol. The second-order valence-electron chi connectivity index (χ2n) is 8.40. The molecular formula is C26H19N3. The van der Waals surface area contributed by atoms with Crippen LogP contribution in [-0.4, -0.2) is 15.0 Å². The fourth-order valence-corrected chi connectivity index (χ4v) is 5.62. The molecule has 1 fully saturated rings. The molecule has 138 valence electrons. The zero-order valence-corrected chi connectivity index (χ0v) is 16.0. The first-order valence-electron chi connectivity index (χ1n) is 10.5. The fourth-order valence-electron chi connectivity index (χ4n) is 5.62. The van der Waals surface area contributed by atoms with E-state index in [2.05, 4.69) is 42.5 Å². The lowest BCUT2D eigenvalue weighted by molar-refractivity contribution is 0.720. The second-order valence-corrected chi connectivity index (χ2v) is 8.40. The third-order valence-electron chi connectivity index (χ3n) is 6.84. The minimum Gasteiger partial charge on any atom is -0.245 e. The van der Waals surface area contributed by atoms with E-state index < -0.39 is 0 Å². The summed E-state index contributed by atoms with van der Waals surface area (Å²) in [6, 6.07) is 23.1. The van der Waals surface area contributed by atoms with Crippen LogP contribution in [0.2, 0.25) is 0 Å². The molecule has 5 aromatic rings. The molecule has 2 heterocycles. The van der Waals surface area contributed by atoms with Crippen molar-refractivity contribution in [3.8, 4) is 11.3 Å². The van der Waals surface area contributed by atoms with E-state index in [4.69, 9.17) is 15.0 Å². The summed E-state index contributed by atoms with van der Waals surface area (Å²) in [5, 5.41) is 1.28. The highest BCUT2D eigenvalue weighted by atomic mass is 14.8. The Labute approximate surface area is 168 Å². The Balaban J connectivity index is 1.65. The highest BCUT2D eigenvalue weighted by Gasteiger charge is 2.40. The van der Waals surface area contributed by atoms with Gasteiger partial charge in [0.15, 0.2) is 0 Å². The Morgan fingerprint density at radius 1 is 0.586 bits per heavy atom. The molecule has 3 heteroatoms. The molecule has 29 heavy (non-hydrogen) atoms. The van der Waals surface area contributed by atoms with Crippen molar-refractivity contribution in [2.24, 2.45) is 0 Å². The first-order chi connectivity index (χ1) is 14.4. The number of hydrogen-bond acceptors (Lipinski definition) is 3. The van der Waals surface area contributed by atoms with Crippen LogP contribution in [0.4, 0.5) is 0 Å². The average Bonchev–Trinajstić information content (AvgIpc) is 3.40. The van der Waals surface area contributed by atoms with Crippen LogP contribution in [0.25, 0.3) is 44.2 Å². The molecule has 0 aliphatic heterocycles. The van der Waals surface area contributed by atoms with Gasteiger partial charge in [-0.2, -0.15) is 0 Å². The second kappa shape index (κ2) is 5.60. The highest BCUT2D eigenvalue weighted by molar-refractivity contribution is 6.06. The summed E-state index contributed by atoms with van der Waals surface area (Å²) >= 11 is 0. The van der Waals surface area contributed by atoms with Gasteiger partial charge in [0.05, 0.1) is 27.8 Å². The standard InChI is InChI=1S/C26H19N3/c1-2-6-15(7-3-1)24-23-17-11-10-16(14-17)22(23)18-12-13-21-26(25(18)29-24)28-20-9-5-4-8-19(20)27-21/h1-9,12-13,16-17H,10-11,14H2. The molecule has 2 aliphatic carbocycles. The first kappa shape index (κ1) is 15.6. The van der Waals surface area contributed by atoms with Crippen LogP contribution in [0.3, 0.4) is 0 Å². The van der Waals surface area contributed by atoms with Gasteiger partial charge in [0.2, 0.25) is 0 Å². The lowest BCUT2D eigenvalue weighted by atomic mass is 9.86. The van der Waals surface area contributed by atoms with E-state index in [1.807, 2.05) is 24.3 Å². The maximum atomic E-state index is 5.27. The van der Waals surface area contributed by atoms with Crippen molar-refractivity contribution in [3.05, 3.63) is 77.9 Å². The van der Waals surface area contributed by atoms with Crippen LogP contribution in [0.15, 0.2) is 66.7 Å². The highest BCUT2D eigenvalue weighted by Crippen LogP contribution is 2.57. The van der Waals surface area contributed by atoms with Crippen molar-refractivity contribution in [3.63, 3.8) is 0 Å². The smallest absolute Gasteiger partial charge is 0.116 e. The quantitative estimate of drug-likeness (QED) is 0.253. The third kappa shape index (κ3) is 2.10. The van der Waals surface area contributed by atoms with Gasteiger partial charge in [-0.1, -0.05) is 48.5 Å². The van der Waals surface area contributed by atoms with Crippen LogP contribution in [-0.2, 0) is 0 Å². The summed E-state index contributed by atoms with van der Waals surface area (Å²) in [7, 11) is 0. The Morgan fingerprint density at radius 3 is 2.14 bits per heavy atom. The molecule has 2 aliphatic rings. The fraction of sp³-hybridized carbons (Fsp3) is 0.192. The molecule has 3 nitrogen and oxygen atoms in total. The molecule has 2 atom stereocenters. The maximum absolute atomic E-state index is 5.27. The molecule has 0 amide bonds. The molecule has 0 spiro atoms. The van der Waals surface area contributed by atoms with Gasteiger partial charge in [0, 0.05) is 10.9 Å². The molecule has 0 N–H and O–H groups in total. The van der Waals surface area contributed by atoms with Crippen LogP contribution in [0, 0.1) is 0 Å². The molecule has 1 saturated carbocycles. The summed E-state index contributed by atoms with van der Waals surface area (Å²) in [5.41, 5.74) is 10.1. The third-order valence-corrected chi connectivity index (χ3v) is 6.84. The van der Waals surface area contributed by atoms with Gasteiger partial charge in [-0.05, 0) is 60.4 Å². The number of fused-ring (bicyclic) bond motifs is 10. The molecule has 0 radical (unpaired) electrons. The van der Waals surface area contributed by atoms with E-state index in [1.165, 1.54) is 41.3 Å². The lowest BCUT2D eigenvalue weighted by Gasteiger charge is -2.21. The molecule has 0 saturated heterocycles. The zero-order chi connectivity index (χ0) is 18.9. The lowest BCUT2D eigenvalue weighted by Crippen LogP contribution is -2.05. The summed E-state index contributed by atoms with van der Waals surface area (Å²) < 4.78 is 0.